The summed E-state index contributed by atoms with van der Waals surface area (Å²) in [5, 5.41) is 8.03. The molecule has 4 heteroatoms. The highest BCUT2D eigenvalue weighted by molar-refractivity contribution is 5.35. The Hall–Kier alpha value is -1.68. The molecule has 1 unspecified atom stereocenters. The molecule has 0 saturated heterocycles. The minimum absolute atomic E-state index is 0.136. The van der Waals surface area contributed by atoms with Gasteiger partial charge in [-0.3, -0.25) is 4.68 Å². The highest BCUT2D eigenvalue weighted by atomic mass is 19.1. The monoisotopic (exact) mass is 273 g/mol. The summed E-state index contributed by atoms with van der Waals surface area (Å²) in [6.07, 6.45) is 1.99. The summed E-state index contributed by atoms with van der Waals surface area (Å²) in [4.78, 5) is 0. The van der Waals surface area contributed by atoms with Gasteiger partial charge in [-0.05, 0) is 49.9 Å². The normalized spacial score (nSPS) is 17.5. The van der Waals surface area contributed by atoms with Gasteiger partial charge >= 0.3 is 0 Å². The van der Waals surface area contributed by atoms with Crippen LogP contribution in [0.15, 0.2) is 18.2 Å². The van der Waals surface area contributed by atoms with Crippen molar-refractivity contribution in [1.29, 1.82) is 0 Å². The van der Waals surface area contributed by atoms with Crippen molar-refractivity contribution in [3.8, 4) is 0 Å². The molecule has 1 aromatic heterocycles. The van der Waals surface area contributed by atoms with E-state index < -0.39 is 0 Å². The van der Waals surface area contributed by atoms with Gasteiger partial charge in [-0.15, -0.1) is 0 Å². The van der Waals surface area contributed by atoms with Crippen molar-refractivity contribution in [2.24, 2.45) is 7.05 Å². The molecule has 0 spiro atoms. The molecule has 0 saturated carbocycles. The maximum absolute atomic E-state index is 13.2. The van der Waals surface area contributed by atoms with Crippen molar-refractivity contribution in [3.05, 3.63) is 52.1 Å². The average molecular weight is 273 g/mol. The molecule has 1 aliphatic carbocycles. The van der Waals surface area contributed by atoms with Gasteiger partial charge in [-0.25, -0.2) is 4.39 Å². The second kappa shape index (κ2) is 5.02. The van der Waals surface area contributed by atoms with Crippen molar-refractivity contribution < 1.29 is 4.39 Å². The topological polar surface area (TPSA) is 29.9 Å². The molecule has 3 rings (SSSR count). The number of aryl methyl sites for hydroxylation is 3. The summed E-state index contributed by atoms with van der Waals surface area (Å²) in [7, 11) is 1.97. The Morgan fingerprint density at radius 3 is 2.90 bits per heavy atom. The van der Waals surface area contributed by atoms with Crippen molar-refractivity contribution in [2.45, 2.75) is 39.3 Å². The first-order valence-electron chi connectivity index (χ1n) is 7.07. The third-order valence-electron chi connectivity index (χ3n) is 4.37. The van der Waals surface area contributed by atoms with Gasteiger partial charge in [0.15, 0.2) is 0 Å². The van der Waals surface area contributed by atoms with Crippen molar-refractivity contribution >= 4 is 0 Å². The molecule has 2 aromatic rings. The van der Waals surface area contributed by atoms with Gasteiger partial charge in [-0.1, -0.05) is 6.07 Å². The van der Waals surface area contributed by atoms with Crippen LogP contribution in [0.4, 0.5) is 4.39 Å². The standard InChI is InChI=1S/C16H20FN3/c1-10-15(11(2)20(3)19-10)9-18-16-7-4-12-8-13(17)5-6-14(12)16/h5-6,8,16,18H,4,7,9H2,1-3H3. The molecular weight excluding hydrogens is 253 g/mol. The Balaban J connectivity index is 1.75. The first-order chi connectivity index (χ1) is 9.56. The zero-order valence-corrected chi connectivity index (χ0v) is 12.2. The summed E-state index contributed by atoms with van der Waals surface area (Å²) < 4.78 is 15.1. The third-order valence-corrected chi connectivity index (χ3v) is 4.37. The average Bonchev–Trinajstić information content (AvgIpc) is 2.90. The van der Waals surface area contributed by atoms with Crippen molar-refractivity contribution in [2.75, 3.05) is 0 Å². The minimum atomic E-state index is -0.136. The predicted octanol–water partition coefficient (Wildman–Crippen LogP) is 2.95. The molecule has 1 N–H and O–H groups in total. The van der Waals surface area contributed by atoms with E-state index in [1.54, 1.807) is 12.1 Å². The molecule has 1 heterocycles. The number of fused-ring (bicyclic) bond motifs is 1. The van der Waals surface area contributed by atoms with Crippen LogP contribution in [0.1, 0.15) is 40.5 Å². The summed E-state index contributed by atoms with van der Waals surface area (Å²) in [6, 6.07) is 5.46. The van der Waals surface area contributed by atoms with Crippen LogP contribution < -0.4 is 5.32 Å². The van der Waals surface area contributed by atoms with Crippen LogP contribution in [0.25, 0.3) is 0 Å². The van der Waals surface area contributed by atoms with Crippen LogP contribution in [0.5, 0.6) is 0 Å². The number of hydrogen-bond acceptors (Lipinski definition) is 2. The summed E-state index contributed by atoms with van der Waals surface area (Å²) in [5.41, 5.74) is 5.93. The fraction of sp³-hybridized carbons (Fsp3) is 0.438. The van der Waals surface area contributed by atoms with E-state index >= 15 is 0 Å². The Morgan fingerprint density at radius 2 is 2.20 bits per heavy atom. The van der Waals surface area contributed by atoms with E-state index in [1.165, 1.54) is 16.8 Å². The lowest BCUT2D eigenvalue weighted by molar-refractivity contribution is 0.528. The second-order valence-electron chi connectivity index (χ2n) is 5.59. The second-order valence-corrected chi connectivity index (χ2v) is 5.59. The molecule has 0 aliphatic heterocycles. The van der Waals surface area contributed by atoms with Gasteiger partial charge < -0.3 is 5.32 Å². The molecule has 0 amide bonds. The first kappa shape index (κ1) is 13.3. The van der Waals surface area contributed by atoms with E-state index in [4.69, 9.17) is 0 Å². The fourth-order valence-electron chi connectivity index (χ4n) is 3.10. The third kappa shape index (κ3) is 2.24. The first-order valence-corrected chi connectivity index (χ1v) is 7.07. The number of hydrogen-bond donors (Lipinski definition) is 1. The van der Waals surface area contributed by atoms with Crippen molar-refractivity contribution in [1.82, 2.24) is 15.1 Å². The lowest BCUT2D eigenvalue weighted by Gasteiger charge is -2.14. The van der Waals surface area contributed by atoms with E-state index in [0.717, 1.165) is 30.6 Å². The largest absolute Gasteiger partial charge is 0.306 e. The molecule has 106 valence electrons. The van der Waals surface area contributed by atoms with Gasteiger partial charge in [0.05, 0.1) is 5.69 Å². The zero-order valence-electron chi connectivity index (χ0n) is 12.2. The number of benzene rings is 1. The molecule has 1 aliphatic rings. The molecule has 0 fully saturated rings. The van der Waals surface area contributed by atoms with Gasteiger partial charge in [0, 0.05) is 30.9 Å². The molecule has 20 heavy (non-hydrogen) atoms. The zero-order chi connectivity index (χ0) is 14.3. The van der Waals surface area contributed by atoms with E-state index in [-0.39, 0.29) is 5.82 Å². The van der Waals surface area contributed by atoms with Gasteiger partial charge in [0.1, 0.15) is 5.82 Å². The van der Waals surface area contributed by atoms with Gasteiger partial charge in [0.25, 0.3) is 0 Å². The maximum atomic E-state index is 13.2. The summed E-state index contributed by atoms with van der Waals surface area (Å²) >= 11 is 0. The Bertz CT molecular complexity index is 645. The van der Waals surface area contributed by atoms with E-state index in [2.05, 4.69) is 17.3 Å². The number of nitrogens with one attached hydrogen (secondary N) is 1. The number of halogens is 1. The van der Waals surface area contributed by atoms with Crippen LogP contribution in [-0.4, -0.2) is 9.78 Å². The van der Waals surface area contributed by atoms with Crippen LogP contribution in [0.3, 0.4) is 0 Å². The summed E-state index contributed by atoms with van der Waals surface area (Å²) in [5.74, 6) is -0.136. The van der Waals surface area contributed by atoms with Crippen LogP contribution >= 0.6 is 0 Å². The van der Waals surface area contributed by atoms with Gasteiger partial charge in [0.2, 0.25) is 0 Å². The Labute approximate surface area is 118 Å². The minimum Gasteiger partial charge on any atom is -0.306 e. The Morgan fingerprint density at radius 1 is 1.40 bits per heavy atom. The van der Waals surface area contributed by atoms with Crippen LogP contribution in [-0.2, 0) is 20.0 Å². The molecule has 1 atom stereocenters. The molecule has 0 bridgehead atoms. The molecule has 1 aromatic carbocycles. The number of aromatic nitrogens is 2. The summed E-state index contributed by atoms with van der Waals surface area (Å²) in [6.45, 7) is 4.95. The lowest BCUT2D eigenvalue weighted by Crippen LogP contribution is -2.19. The van der Waals surface area contributed by atoms with Crippen molar-refractivity contribution in [3.63, 3.8) is 0 Å². The maximum Gasteiger partial charge on any atom is 0.123 e. The molecule has 0 radical (unpaired) electrons. The Kier molecular flexibility index (Phi) is 3.34. The quantitative estimate of drug-likeness (QED) is 0.931. The smallest absolute Gasteiger partial charge is 0.123 e. The fourth-order valence-corrected chi connectivity index (χ4v) is 3.10. The number of rotatable bonds is 3. The van der Waals surface area contributed by atoms with Crippen LogP contribution in [0, 0.1) is 19.7 Å². The lowest BCUT2D eigenvalue weighted by atomic mass is 10.1. The number of nitrogens with zero attached hydrogens (tertiary/aromatic N) is 2. The molecule has 3 nitrogen and oxygen atoms in total. The van der Waals surface area contributed by atoms with Crippen LogP contribution in [0.2, 0.25) is 0 Å². The van der Waals surface area contributed by atoms with E-state index in [0.29, 0.717) is 6.04 Å². The molecular formula is C16H20FN3. The van der Waals surface area contributed by atoms with E-state index in [9.17, 15) is 4.39 Å². The van der Waals surface area contributed by atoms with E-state index in [1.807, 2.05) is 24.7 Å². The highest BCUT2D eigenvalue weighted by Gasteiger charge is 2.23. The SMILES string of the molecule is Cc1nn(C)c(C)c1CNC1CCc2cc(F)ccc21. The van der Waals surface area contributed by atoms with Gasteiger partial charge in [-0.2, -0.15) is 5.10 Å². The highest BCUT2D eigenvalue weighted by Crippen LogP contribution is 2.31. The predicted molar refractivity (Wildman–Crippen MR) is 77.0 cm³/mol.